The van der Waals surface area contributed by atoms with Crippen molar-refractivity contribution >= 4 is 49.9 Å². The van der Waals surface area contributed by atoms with E-state index in [9.17, 15) is 4.39 Å². The highest BCUT2D eigenvalue weighted by atomic mass is 127. The third kappa shape index (κ3) is 3.49. The molecule has 2 aromatic rings. The molecular formula is C12H10BrFINS. The van der Waals surface area contributed by atoms with Crippen molar-refractivity contribution in [3.05, 3.63) is 53.9 Å². The molecule has 0 saturated heterocycles. The number of thiophene rings is 1. The van der Waals surface area contributed by atoms with Gasteiger partial charge in [0.05, 0.1) is 3.79 Å². The van der Waals surface area contributed by atoms with Gasteiger partial charge in [0.1, 0.15) is 5.82 Å². The van der Waals surface area contributed by atoms with Crippen LogP contribution in [0.4, 0.5) is 4.39 Å². The van der Waals surface area contributed by atoms with E-state index in [1.54, 1.807) is 17.4 Å². The number of halogens is 3. The Bertz CT molecular complexity index is 529. The molecule has 1 heterocycles. The minimum absolute atomic E-state index is 0.0898. The summed E-state index contributed by atoms with van der Waals surface area (Å²) in [6.45, 7) is 0. The van der Waals surface area contributed by atoms with Crippen molar-refractivity contribution < 1.29 is 4.39 Å². The van der Waals surface area contributed by atoms with Crippen LogP contribution in [0.3, 0.4) is 0 Å². The zero-order valence-electron chi connectivity index (χ0n) is 8.79. The maximum absolute atomic E-state index is 13.0. The van der Waals surface area contributed by atoms with Crippen molar-refractivity contribution in [2.24, 2.45) is 5.73 Å². The zero-order chi connectivity index (χ0) is 12.4. The van der Waals surface area contributed by atoms with Crippen LogP contribution in [0.5, 0.6) is 0 Å². The van der Waals surface area contributed by atoms with Gasteiger partial charge < -0.3 is 5.73 Å². The summed E-state index contributed by atoms with van der Waals surface area (Å²) >= 11 is 7.23. The largest absolute Gasteiger partial charge is 0.324 e. The van der Waals surface area contributed by atoms with E-state index < -0.39 is 0 Å². The van der Waals surface area contributed by atoms with Gasteiger partial charge in [0.15, 0.2) is 0 Å². The van der Waals surface area contributed by atoms with Crippen LogP contribution in [0.2, 0.25) is 0 Å². The zero-order valence-corrected chi connectivity index (χ0v) is 13.4. The Kier molecular flexibility index (Phi) is 4.57. The Morgan fingerprint density at radius 1 is 1.35 bits per heavy atom. The maximum Gasteiger partial charge on any atom is 0.124 e. The summed E-state index contributed by atoms with van der Waals surface area (Å²) in [4.78, 5) is 1.23. The number of benzene rings is 1. The molecule has 2 rings (SSSR count). The Labute approximate surface area is 125 Å². The second-order valence-electron chi connectivity index (χ2n) is 3.68. The topological polar surface area (TPSA) is 26.0 Å². The molecule has 0 aliphatic rings. The highest BCUT2D eigenvalue weighted by Gasteiger charge is 2.12. The molecule has 90 valence electrons. The molecule has 1 atom stereocenters. The average molecular weight is 426 g/mol. The smallest absolute Gasteiger partial charge is 0.124 e. The summed E-state index contributed by atoms with van der Waals surface area (Å²) in [5.74, 6) is -0.218. The quantitative estimate of drug-likeness (QED) is 0.720. The number of hydrogen-bond donors (Lipinski definition) is 1. The van der Waals surface area contributed by atoms with Crippen molar-refractivity contribution in [1.82, 2.24) is 0 Å². The molecule has 0 amide bonds. The van der Waals surface area contributed by atoms with E-state index in [2.05, 4.69) is 44.6 Å². The van der Waals surface area contributed by atoms with E-state index in [4.69, 9.17) is 5.73 Å². The first-order valence-corrected chi connectivity index (χ1v) is 7.70. The monoisotopic (exact) mass is 425 g/mol. The highest BCUT2D eigenvalue weighted by Crippen LogP contribution is 2.27. The maximum atomic E-state index is 13.0. The number of hydrogen-bond acceptors (Lipinski definition) is 2. The molecule has 0 spiro atoms. The van der Waals surface area contributed by atoms with Crippen molar-refractivity contribution in [2.45, 2.75) is 12.5 Å². The Morgan fingerprint density at radius 3 is 2.71 bits per heavy atom. The van der Waals surface area contributed by atoms with E-state index in [0.717, 1.165) is 19.3 Å². The van der Waals surface area contributed by atoms with Gasteiger partial charge in [0.2, 0.25) is 0 Å². The molecule has 0 fully saturated rings. The fourth-order valence-corrected chi connectivity index (χ4v) is 4.01. The summed E-state index contributed by atoms with van der Waals surface area (Å²) in [6, 6.07) is 8.73. The second kappa shape index (κ2) is 5.77. The van der Waals surface area contributed by atoms with Gasteiger partial charge in [-0.05, 0) is 68.3 Å². The van der Waals surface area contributed by atoms with E-state index >= 15 is 0 Å². The molecular weight excluding hydrogens is 416 g/mol. The summed E-state index contributed by atoms with van der Waals surface area (Å²) in [5, 5.41) is 0. The lowest BCUT2D eigenvalue weighted by atomic mass is 10.0. The molecule has 0 aliphatic carbocycles. The lowest BCUT2D eigenvalue weighted by molar-refractivity contribution is 0.623. The summed E-state index contributed by atoms with van der Waals surface area (Å²) in [6.07, 6.45) is 0.776. The first kappa shape index (κ1) is 13.5. The molecule has 1 unspecified atom stereocenters. The van der Waals surface area contributed by atoms with Gasteiger partial charge in [0, 0.05) is 20.9 Å². The van der Waals surface area contributed by atoms with Gasteiger partial charge in [-0.25, -0.2) is 4.39 Å². The molecule has 0 saturated carbocycles. The highest BCUT2D eigenvalue weighted by molar-refractivity contribution is 14.1. The SMILES string of the molecule is NC(Cc1ccc(Br)s1)c1ccc(F)cc1I. The third-order valence-electron chi connectivity index (χ3n) is 2.41. The lowest BCUT2D eigenvalue weighted by Crippen LogP contribution is -2.14. The summed E-state index contributed by atoms with van der Waals surface area (Å²) < 4.78 is 15.0. The van der Waals surface area contributed by atoms with Crippen LogP contribution in [0.25, 0.3) is 0 Å². The Balaban J connectivity index is 2.17. The fraction of sp³-hybridized carbons (Fsp3) is 0.167. The van der Waals surface area contributed by atoms with Crippen LogP contribution < -0.4 is 5.73 Å². The standard InChI is InChI=1S/C12H10BrFINS/c13-12-4-2-8(17-12)6-11(16)9-3-1-7(14)5-10(9)15/h1-5,11H,6,16H2. The molecule has 1 aromatic heterocycles. The van der Waals surface area contributed by atoms with Crippen LogP contribution >= 0.6 is 49.9 Å². The van der Waals surface area contributed by atoms with Crippen LogP contribution in [0.15, 0.2) is 34.1 Å². The van der Waals surface area contributed by atoms with Crippen molar-refractivity contribution in [2.75, 3.05) is 0 Å². The fourth-order valence-electron chi connectivity index (χ4n) is 1.59. The predicted octanol–water partition coefficient (Wildman–Crippen LogP) is 4.50. The normalized spacial score (nSPS) is 12.7. The predicted molar refractivity (Wildman–Crippen MR) is 81.8 cm³/mol. The van der Waals surface area contributed by atoms with E-state index in [1.165, 1.54) is 17.0 Å². The minimum Gasteiger partial charge on any atom is -0.324 e. The van der Waals surface area contributed by atoms with Crippen molar-refractivity contribution in [3.63, 3.8) is 0 Å². The Morgan fingerprint density at radius 2 is 2.12 bits per heavy atom. The van der Waals surface area contributed by atoms with Gasteiger partial charge in [-0.1, -0.05) is 6.07 Å². The third-order valence-corrected chi connectivity index (χ3v) is 4.99. The minimum atomic E-state index is -0.218. The average Bonchev–Trinajstić information content (AvgIpc) is 2.63. The lowest BCUT2D eigenvalue weighted by Gasteiger charge is -2.12. The first-order chi connectivity index (χ1) is 8.06. The summed E-state index contributed by atoms with van der Waals surface area (Å²) in [5.41, 5.74) is 7.15. The van der Waals surface area contributed by atoms with Crippen molar-refractivity contribution in [3.8, 4) is 0 Å². The first-order valence-electron chi connectivity index (χ1n) is 5.01. The molecule has 1 aromatic carbocycles. The van der Waals surface area contributed by atoms with Crippen LogP contribution in [-0.4, -0.2) is 0 Å². The van der Waals surface area contributed by atoms with E-state index in [0.29, 0.717) is 0 Å². The molecule has 1 nitrogen and oxygen atoms in total. The summed E-state index contributed by atoms with van der Waals surface area (Å²) in [7, 11) is 0. The van der Waals surface area contributed by atoms with Gasteiger partial charge >= 0.3 is 0 Å². The van der Waals surface area contributed by atoms with Gasteiger partial charge in [-0.2, -0.15) is 0 Å². The molecule has 0 aliphatic heterocycles. The molecule has 17 heavy (non-hydrogen) atoms. The Hall–Kier alpha value is 0.0200. The van der Waals surface area contributed by atoms with Crippen LogP contribution in [-0.2, 0) is 6.42 Å². The number of rotatable bonds is 3. The van der Waals surface area contributed by atoms with E-state index in [-0.39, 0.29) is 11.9 Å². The van der Waals surface area contributed by atoms with E-state index in [1.807, 2.05) is 6.07 Å². The molecule has 2 N–H and O–H groups in total. The molecule has 5 heteroatoms. The van der Waals surface area contributed by atoms with Gasteiger partial charge in [-0.15, -0.1) is 11.3 Å². The van der Waals surface area contributed by atoms with Crippen LogP contribution in [0.1, 0.15) is 16.5 Å². The van der Waals surface area contributed by atoms with Crippen molar-refractivity contribution in [1.29, 1.82) is 0 Å². The van der Waals surface area contributed by atoms with Gasteiger partial charge in [0.25, 0.3) is 0 Å². The number of nitrogens with two attached hydrogens (primary N) is 1. The molecule has 0 bridgehead atoms. The van der Waals surface area contributed by atoms with Crippen LogP contribution in [0, 0.1) is 9.39 Å². The molecule has 0 radical (unpaired) electrons. The van der Waals surface area contributed by atoms with Gasteiger partial charge in [-0.3, -0.25) is 0 Å². The second-order valence-corrected chi connectivity index (χ2v) is 7.39.